The highest BCUT2D eigenvalue weighted by Crippen LogP contribution is 2.43. The molecule has 0 fully saturated rings. The molecule has 4 heteroatoms. The van der Waals surface area contributed by atoms with Crippen LogP contribution in [0, 0.1) is 6.92 Å². The van der Waals surface area contributed by atoms with E-state index in [2.05, 4.69) is 0 Å². The lowest BCUT2D eigenvalue weighted by molar-refractivity contribution is -0.168. The number of carbonyl (C=O) groups is 1. The van der Waals surface area contributed by atoms with Gasteiger partial charge < -0.3 is 5.11 Å². The van der Waals surface area contributed by atoms with E-state index in [0.29, 0.717) is 12.0 Å². The van der Waals surface area contributed by atoms with E-state index in [1.165, 1.54) is 0 Å². The number of rotatable bonds is 2. The van der Waals surface area contributed by atoms with Crippen molar-refractivity contribution in [1.29, 1.82) is 0 Å². The fourth-order valence-electron chi connectivity index (χ4n) is 2.27. The van der Waals surface area contributed by atoms with Crippen LogP contribution in [0.5, 0.6) is 0 Å². The minimum atomic E-state index is -3.67. The summed E-state index contributed by atoms with van der Waals surface area (Å²) < 4.78 is 26.9. The van der Waals surface area contributed by atoms with Gasteiger partial charge in [-0.3, -0.25) is 0 Å². The molecule has 0 saturated heterocycles. The first kappa shape index (κ1) is 11.0. The van der Waals surface area contributed by atoms with Crippen molar-refractivity contribution in [3.05, 3.63) is 34.9 Å². The number of fused-ring (bicyclic) bond motifs is 1. The van der Waals surface area contributed by atoms with Crippen LogP contribution >= 0.6 is 0 Å². The molecule has 0 heterocycles. The maximum absolute atomic E-state index is 13.4. The lowest BCUT2D eigenvalue weighted by Gasteiger charge is -2.19. The Balaban J connectivity index is 2.41. The summed E-state index contributed by atoms with van der Waals surface area (Å²) in [5, 5.41) is 8.53. The van der Waals surface area contributed by atoms with E-state index < -0.39 is 17.8 Å². The Morgan fingerprint density at radius 2 is 2.19 bits per heavy atom. The highest BCUT2D eigenvalue weighted by molar-refractivity contribution is 5.77. The summed E-state index contributed by atoms with van der Waals surface area (Å²) >= 11 is 0. The molecule has 1 aliphatic carbocycles. The van der Waals surface area contributed by atoms with Crippen LogP contribution in [-0.2, 0) is 11.2 Å². The predicted octanol–water partition coefficient (Wildman–Crippen LogP) is 2.74. The number of aryl methyl sites for hydroxylation is 2. The second-order valence-electron chi connectivity index (χ2n) is 4.22. The highest BCUT2D eigenvalue weighted by atomic mass is 19.3. The van der Waals surface area contributed by atoms with Crippen LogP contribution in [0.25, 0.3) is 0 Å². The topological polar surface area (TPSA) is 37.3 Å². The van der Waals surface area contributed by atoms with E-state index in [9.17, 15) is 13.6 Å². The monoisotopic (exact) mass is 226 g/mol. The lowest BCUT2D eigenvalue weighted by Crippen LogP contribution is -2.34. The molecule has 0 bridgehead atoms. The van der Waals surface area contributed by atoms with E-state index in [0.717, 1.165) is 11.1 Å². The molecule has 16 heavy (non-hydrogen) atoms. The second-order valence-corrected chi connectivity index (χ2v) is 4.22. The van der Waals surface area contributed by atoms with Crippen molar-refractivity contribution in [2.24, 2.45) is 0 Å². The van der Waals surface area contributed by atoms with Crippen molar-refractivity contribution in [3.63, 3.8) is 0 Å². The van der Waals surface area contributed by atoms with Gasteiger partial charge in [-0.25, -0.2) is 4.79 Å². The summed E-state index contributed by atoms with van der Waals surface area (Å²) in [5.74, 6) is -6.88. The fourth-order valence-corrected chi connectivity index (χ4v) is 2.27. The number of carboxylic acids is 1. The van der Waals surface area contributed by atoms with Crippen LogP contribution in [0.3, 0.4) is 0 Å². The zero-order chi connectivity index (χ0) is 11.9. The fraction of sp³-hybridized carbons (Fsp3) is 0.417. The van der Waals surface area contributed by atoms with Crippen molar-refractivity contribution < 1.29 is 18.7 Å². The van der Waals surface area contributed by atoms with Gasteiger partial charge in [0.05, 0.1) is 5.92 Å². The predicted molar refractivity (Wildman–Crippen MR) is 54.8 cm³/mol. The molecule has 0 aliphatic heterocycles. The molecule has 1 aromatic rings. The molecular weight excluding hydrogens is 214 g/mol. The maximum Gasteiger partial charge on any atom is 0.375 e. The van der Waals surface area contributed by atoms with E-state index in [1.807, 2.05) is 13.0 Å². The van der Waals surface area contributed by atoms with Crippen molar-refractivity contribution in [2.75, 3.05) is 0 Å². The number of hydrogen-bond acceptors (Lipinski definition) is 1. The Hall–Kier alpha value is -1.45. The smallest absolute Gasteiger partial charge is 0.375 e. The van der Waals surface area contributed by atoms with Gasteiger partial charge in [0.1, 0.15) is 0 Å². The van der Waals surface area contributed by atoms with E-state index in [1.54, 1.807) is 12.1 Å². The quantitative estimate of drug-likeness (QED) is 0.841. The summed E-state index contributed by atoms with van der Waals surface area (Å²) in [6.07, 6.45) is 0.739. The first-order valence-electron chi connectivity index (χ1n) is 5.13. The second kappa shape index (κ2) is 3.54. The van der Waals surface area contributed by atoms with Crippen LogP contribution in [0.1, 0.15) is 29.0 Å². The van der Waals surface area contributed by atoms with Gasteiger partial charge in [0, 0.05) is 0 Å². The Morgan fingerprint density at radius 1 is 1.50 bits per heavy atom. The number of benzene rings is 1. The van der Waals surface area contributed by atoms with Gasteiger partial charge in [-0.1, -0.05) is 23.8 Å². The van der Waals surface area contributed by atoms with Crippen LogP contribution in [0.15, 0.2) is 18.2 Å². The third-order valence-electron chi connectivity index (χ3n) is 3.10. The van der Waals surface area contributed by atoms with Gasteiger partial charge in [0.25, 0.3) is 0 Å². The number of carboxylic acid groups (broad SMARTS) is 1. The number of alkyl halides is 2. The van der Waals surface area contributed by atoms with Crippen molar-refractivity contribution in [1.82, 2.24) is 0 Å². The number of halogens is 2. The summed E-state index contributed by atoms with van der Waals surface area (Å²) in [5.41, 5.74) is 2.35. The van der Waals surface area contributed by atoms with Crippen molar-refractivity contribution >= 4 is 5.97 Å². The van der Waals surface area contributed by atoms with E-state index in [4.69, 9.17) is 5.11 Å². The standard InChI is InChI=1S/C12H12F2O2/c1-7-2-4-9-8(6-7)3-5-10(9)12(13,14)11(15)16/h2,4,6,10H,3,5H2,1H3,(H,15,16). The molecule has 0 spiro atoms. The minimum absolute atomic E-state index is 0.206. The van der Waals surface area contributed by atoms with Crippen LogP contribution in [-0.4, -0.2) is 17.0 Å². The summed E-state index contributed by atoms with van der Waals surface area (Å²) in [4.78, 5) is 10.5. The summed E-state index contributed by atoms with van der Waals surface area (Å²) in [7, 11) is 0. The normalized spacial score (nSPS) is 19.6. The lowest BCUT2D eigenvalue weighted by atomic mass is 9.94. The molecule has 1 unspecified atom stereocenters. The first-order chi connectivity index (χ1) is 7.43. The van der Waals surface area contributed by atoms with Gasteiger partial charge in [-0.2, -0.15) is 8.78 Å². The van der Waals surface area contributed by atoms with Crippen LogP contribution in [0.4, 0.5) is 8.78 Å². The maximum atomic E-state index is 13.4. The molecule has 0 saturated carbocycles. The Labute approximate surface area is 91.9 Å². The largest absolute Gasteiger partial charge is 0.477 e. The van der Waals surface area contributed by atoms with Crippen molar-refractivity contribution in [2.45, 2.75) is 31.6 Å². The molecule has 86 valence electrons. The van der Waals surface area contributed by atoms with E-state index >= 15 is 0 Å². The molecule has 2 rings (SSSR count). The number of hydrogen-bond donors (Lipinski definition) is 1. The average Bonchev–Trinajstić information content (AvgIpc) is 2.60. The zero-order valence-corrected chi connectivity index (χ0v) is 8.84. The third kappa shape index (κ3) is 1.58. The highest BCUT2D eigenvalue weighted by Gasteiger charge is 2.50. The SMILES string of the molecule is Cc1ccc2c(c1)CCC2C(F)(F)C(=O)O. The first-order valence-corrected chi connectivity index (χ1v) is 5.13. The van der Waals surface area contributed by atoms with Crippen LogP contribution < -0.4 is 0 Å². The molecular formula is C12H12F2O2. The molecule has 1 N–H and O–H groups in total. The average molecular weight is 226 g/mol. The third-order valence-corrected chi connectivity index (χ3v) is 3.10. The van der Waals surface area contributed by atoms with Gasteiger partial charge in [0.15, 0.2) is 0 Å². The molecule has 2 nitrogen and oxygen atoms in total. The molecule has 1 aromatic carbocycles. The molecule has 1 aliphatic rings. The van der Waals surface area contributed by atoms with Crippen LogP contribution in [0.2, 0.25) is 0 Å². The van der Waals surface area contributed by atoms with Gasteiger partial charge in [-0.15, -0.1) is 0 Å². The van der Waals surface area contributed by atoms with Crippen molar-refractivity contribution in [3.8, 4) is 0 Å². The Kier molecular flexibility index (Phi) is 2.45. The minimum Gasteiger partial charge on any atom is -0.477 e. The molecule has 1 atom stereocenters. The zero-order valence-electron chi connectivity index (χ0n) is 8.84. The number of aliphatic carboxylic acids is 1. The van der Waals surface area contributed by atoms with Gasteiger partial charge >= 0.3 is 11.9 Å². The molecule has 0 aromatic heterocycles. The summed E-state index contributed by atoms with van der Waals surface area (Å²) in [6.45, 7) is 1.89. The Morgan fingerprint density at radius 3 is 2.81 bits per heavy atom. The van der Waals surface area contributed by atoms with Gasteiger partial charge in [0.2, 0.25) is 0 Å². The molecule has 0 radical (unpaired) electrons. The molecule has 0 amide bonds. The van der Waals surface area contributed by atoms with E-state index in [-0.39, 0.29) is 6.42 Å². The summed E-state index contributed by atoms with van der Waals surface area (Å²) in [6, 6.07) is 5.22. The Bertz CT molecular complexity index is 441. The van der Waals surface area contributed by atoms with Gasteiger partial charge in [-0.05, 0) is 30.9 Å².